The topological polar surface area (TPSA) is 33.7 Å². The first kappa shape index (κ1) is 16.4. The van der Waals surface area contributed by atoms with Crippen molar-refractivity contribution in [1.82, 2.24) is 10.2 Å². The second kappa shape index (κ2) is 6.86. The number of methoxy groups -OCH3 is 2. The Morgan fingerprint density at radius 2 is 2.10 bits per heavy atom. The molecule has 3 rings (SSSR count). The standard InChI is InChI=1S/C16H24N2O2.ClH/c1-19-14-4-3-13(15(9-14)20-2)10-18-8-6-16(12-18)5-7-17-11-16;/h3-4,9,17H,5-8,10-12H2,1-2H3;1H. The SMILES string of the molecule is COc1ccc(CN2CCC3(CCNC3)C2)c(OC)c1.Cl. The molecule has 1 N–H and O–H groups in total. The zero-order valence-electron chi connectivity index (χ0n) is 12.9. The van der Waals surface area contributed by atoms with Gasteiger partial charge in [0.1, 0.15) is 11.5 Å². The fraction of sp³-hybridized carbons (Fsp3) is 0.625. The number of nitrogens with one attached hydrogen (secondary N) is 1. The Morgan fingerprint density at radius 1 is 1.24 bits per heavy atom. The van der Waals surface area contributed by atoms with Crippen molar-refractivity contribution >= 4 is 12.4 Å². The molecule has 2 heterocycles. The Morgan fingerprint density at radius 3 is 2.76 bits per heavy atom. The molecule has 1 spiro atoms. The van der Waals surface area contributed by atoms with Gasteiger partial charge in [0.2, 0.25) is 0 Å². The molecule has 1 aromatic rings. The average molecular weight is 313 g/mol. The first-order valence-electron chi connectivity index (χ1n) is 7.39. The van der Waals surface area contributed by atoms with Crippen LogP contribution in [0.15, 0.2) is 18.2 Å². The number of hydrogen-bond donors (Lipinski definition) is 1. The van der Waals surface area contributed by atoms with Crippen molar-refractivity contribution in [3.05, 3.63) is 23.8 Å². The highest BCUT2D eigenvalue weighted by Crippen LogP contribution is 2.37. The maximum atomic E-state index is 5.50. The third kappa shape index (κ3) is 3.44. The normalized spacial score (nSPS) is 25.0. The van der Waals surface area contributed by atoms with Gasteiger partial charge in [-0.15, -0.1) is 12.4 Å². The molecule has 118 valence electrons. The van der Waals surface area contributed by atoms with Crippen LogP contribution < -0.4 is 14.8 Å². The molecule has 0 radical (unpaired) electrons. The second-order valence-corrected chi connectivity index (χ2v) is 6.07. The molecule has 0 amide bonds. The van der Waals surface area contributed by atoms with Crippen molar-refractivity contribution < 1.29 is 9.47 Å². The Kier molecular flexibility index (Phi) is 5.36. The molecule has 0 saturated carbocycles. The minimum Gasteiger partial charge on any atom is -0.497 e. The minimum absolute atomic E-state index is 0. The van der Waals surface area contributed by atoms with Gasteiger partial charge >= 0.3 is 0 Å². The lowest BCUT2D eigenvalue weighted by Crippen LogP contribution is -2.29. The smallest absolute Gasteiger partial charge is 0.127 e. The summed E-state index contributed by atoms with van der Waals surface area (Å²) in [4.78, 5) is 2.55. The molecule has 1 unspecified atom stereocenters. The number of hydrogen-bond acceptors (Lipinski definition) is 4. The lowest BCUT2D eigenvalue weighted by molar-refractivity contribution is 0.265. The van der Waals surface area contributed by atoms with Gasteiger partial charge in [-0.05, 0) is 37.4 Å². The van der Waals surface area contributed by atoms with E-state index in [0.29, 0.717) is 5.41 Å². The predicted molar refractivity (Wildman–Crippen MR) is 86.6 cm³/mol. The van der Waals surface area contributed by atoms with Gasteiger partial charge in [0.15, 0.2) is 0 Å². The largest absolute Gasteiger partial charge is 0.497 e. The number of benzene rings is 1. The maximum Gasteiger partial charge on any atom is 0.127 e. The summed E-state index contributed by atoms with van der Waals surface area (Å²) in [6, 6.07) is 6.11. The molecular formula is C16H25ClN2O2. The van der Waals surface area contributed by atoms with Gasteiger partial charge in [0.25, 0.3) is 0 Å². The molecule has 2 saturated heterocycles. The van der Waals surface area contributed by atoms with E-state index in [1.807, 2.05) is 12.1 Å². The van der Waals surface area contributed by atoms with Crippen LogP contribution in [0.4, 0.5) is 0 Å². The van der Waals surface area contributed by atoms with E-state index >= 15 is 0 Å². The highest BCUT2D eigenvalue weighted by Gasteiger charge is 2.40. The summed E-state index contributed by atoms with van der Waals surface area (Å²) in [5, 5.41) is 3.51. The fourth-order valence-corrected chi connectivity index (χ4v) is 3.53. The molecule has 1 aromatic carbocycles. The number of likely N-dealkylation sites (tertiary alicyclic amines) is 1. The van der Waals surface area contributed by atoms with E-state index < -0.39 is 0 Å². The van der Waals surface area contributed by atoms with Crippen LogP contribution in [0.5, 0.6) is 11.5 Å². The lowest BCUT2D eigenvalue weighted by Gasteiger charge is -2.23. The quantitative estimate of drug-likeness (QED) is 0.925. The van der Waals surface area contributed by atoms with Crippen LogP contribution >= 0.6 is 12.4 Å². The summed E-state index contributed by atoms with van der Waals surface area (Å²) < 4.78 is 10.8. The van der Waals surface area contributed by atoms with E-state index in [1.54, 1.807) is 14.2 Å². The van der Waals surface area contributed by atoms with Gasteiger partial charge in [0.05, 0.1) is 14.2 Å². The van der Waals surface area contributed by atoms with Crippen molar-refractivity contribution in [2.24, 2.45) is 5.41 Å². The van der Waals surface area contributed by atoms with Crippen molar-refractivity contribution in [3.8, 4) is 11.5 Å². The molecule has 21 heavy (non-hydrogen) atoms. The molecule has 2 aliphatic heterocycles. The monoisotopic (exact) mass is 312 g/mol. The molecule has 0 bridgehead atoms. The third-order valence-electron chi connectivity index (χ3n) is 4.74. The number of nitrogens with zero attached hydrogens (tertiary/aromatic N) is 1. The first-order chi connectivity index (χ1) is 9.74. The molecular weight excluding hydrogens is 288 g/mol. The number of rotatable bonds is 4. The Hall–Kier alpha value is -0.970. The summed E-state index contributed by atoms with van der Waals surface area (Å²) in [5.41, 5.74) is 1.77. The van der Waals surface area contributed by atoms with E-state index in [9.17, 15) is 0 Å². The Labute approximate surface area is 133 Å². The van der Waals surface area contributed by atoms with E-state index in [0.717, 1.165) is 18.0 Å². The van der Waals surface area contributed by atoms with Gasteiger partial charge in [-0.3, -0.25) is 4.90 Å². The maximum absolute atomic E-state index is 5.50. The van der Waals surface area contributed by atoms with E-state index in [4.69, 9.17) is 9.47 Å². The average Bonchev–Trinajstić information content (AvgIpc) is 3.10. The van der Waals surface area contributed by atoms with Crippen molar-refractivity contribution in [2.75, 3.05) is 40.4 Å². The molecule has 0 aliphatic carbocycles. The molecule has 1 atom stereocenters. The molecule has 4 nitrogen and oxygen atoms in total. The van der Waals surface area contributed by atoms with Crippen LogP contribution in [0.25, 0.3) is 0 Å². The number of ether oxygens (including phenoxy) is 2. The van der Waals surface area contributed by atoms with Gasteiger partial charge < -0.3 is 14.8 Å². The van der Waals surface area contributed by atoms with E-state index in [-0.39, 0.29) is 12.4 Å². The summed E-state index contributed by atoms with van der Waals surface area (Å²) in [5.74, 6) is 1.78. The highest BCUT2D eigenvalue weighted by molar-refractivity contribution is 5.85. The van der Waals surface area contributed by atoms with Gasteiger partial charge in [0, 0.05) is 31.3 Å². The minimum atomic E-state index is 0. The van der Waals surface area contributed by atoms with E-state index in [1.165, 1.54) is 44.6 Å². The van der Waals surface area contributed by atoms with Crippen molar-refractivity contribution in [1.29, 1.82) is 0 Å². The van der Waals surface area contributed by atoms with Crippen LogP contribution in [0.2, 0.25) is 0 Å². The summed E-state index contributed by atoms with van der Waals surface area (Å²) in [6.07, 6.45) is 2.64. The Balaban J connectivity index is 0.00000161. The first-order valence-corrected chi connectivity index (χ1v) is 7.39. The number of halogens is 1. The van der Waals surface area contributed by atoms with Gasteiger partial charge in [-0.25, -0.2) is 0 Å². The van der Waals surface area contributed by atoms with Crippen LogP contribution in [0.1, 0.15) is 18.4 Å². The van der Waals surface area contributed by atoms with E-state index in [2.05, 4.69) is 16.3 Å². The zero-order chi connectivity index (χ0) is 14.0. The molecule has 2 aliphatic rings. The van der Waals surface area contributed by atoms with Crippen molar-refractivity contribution in [2.45, 2.75) is 19.4 Å². The highest BCUT2D eigenvalue weighted by atomic mass is 35.5. The van der Waals surface area contributed by atoms with Crippen LogP contribution in [0.3, 0.4) is 0 Å². The van der Waals surface area contributed by atoms with Crippen LogP contribution in [-0.4, -0.2) is 45.3 Å². The summed E-state index contributed by atoms with van der Waals surface area (Å²) in [6.45, 7) is 5.73. The zero-order valence-corrected chi connectivity index (χ0v) is 13.7. The third-order valence-corrected chi connectivity index (χ3v) is 4.74. The summed E-state index contributed by atoms with van der Waals surface area (Å²) in [7, 11) is 3.41. The fourth-order valence-electron chi connectivity index (χ4n) is 3.53. The Bertz CT molecular complexity index is 475. The lowest BCUT2D eigenvalue weighted by atomic mass is 9.86. The van der Waals surface area contributed by atoms with Crippen LogP contribution in [0, 0.1) is 5.41 Å². The molecule has 5 heteroatoms. The molecule has 2 fully saturated rings. The molecule has 0 aromatic heterocycles. The van der Waals surface area contributed by atoms with Gasteiger partial charge in [-0.2, -0.15) is 0 Å². The van der Waals surface area contributed by atoms with Crippen molar-refractivity contribution in [3.63, 3.8) is 0 Å². The second-order valence-electron chi connectivity index (χ2n) is 6.07. The van der Waals surface area contributed by atoms with Gasteiger partial charge in [-0.1, -0.05) is 6.07 Å². The van der Waals surface area contributed by atoms with Crippen LogP contribution in [-0.2, 0) is 6.54 Å². The summed E-state index contributed by atoms with van der Waals surface area (Å²) >= 11 is 0. The predicted octanol–water partition coefficient (Wildman–Crippen LogP) is 2.31.